The number of carbonyl (C=O) groups excluding carboxylic acids is 1. The standard InChI is InChI=1S/C15H22FN3O/c1-2-5-12-10-14(19-18-12)15(20)17-9-8-11-6-3-4-7-13(11)16/h3-4,6-7,12,14,18-19H,2,5,8-10H2,1H3,(H,17,20). The fourth-order valence-corrected chi connectivity index (χ4v) is 2.48. The molecule has 0 saturated carbocycles. The van der Waals surface area contributed by atoms with Crippen molar-refractivity contribution in [1.82, 2.24) is 16.2 Å². The molecule has 2 atom stereocenters. The van der Waals surface area contributed by atoms with Gasteiger partial charge in [-0.2, -0.15) is 0 Å². The molecule has 2 unspecified atom stereocenters. The van der Waals surface area contributed by atoms with Crippen molar-refractivity contribution in [2.45, 2.75) is 44.7 Å². The molecule has 3 N–H and O–H groups in total. The molecule has 0 bridgehead atoms. The van der Waals surface area contributed by atoms with Crippen molar-refractivity contribution in [1.29, 1.82) is 0 Å². The molecule has 0 radical (unpaired) electrons. The number of amides is 1. The maximum absolute atomic E-state index is 13.4. The second-order valence-corrected chi connectivity index (χ2v) is 5.19. The minimum absolute atomic E-state index is 0.0209. The van der Waals surface area contributed by atoms with E-state index in [4.69, 9.17) is 0 Å². The lowest BCUT2D eigenvalue weighted by molar-refractivity contribution is -0.122. The number of hydrogen-bond acceptors (Lipinski definition) is 3. The maximum Gasteiger partial charge on any atom is 0.238 e. The van der Waals surface area contributed by atoms with E-state index in [0.717, 1.165) is 19.3 Å². The molecular formula is C15H22FN3O. The fraction of sp³-hybridized carbons (Fsp3) is 0.533. The Morgan fingerprint density at radius 2 is 2.20 bits per heavy atom. The van der Waals surface area contributed by atoms with E-state index in [1.54, 1.807) is 18.2 Å². The SMILES string of the molecule is CCCC1CC(C(=O)NCCc2ccccc2F)NN1. The molecule has 1 heterocycles. The lowest BCUT2D eigenvalue weighted by Crippen LogP contribution is -2.44. The van der Waals surface area contributed by atoms with Gasteiger partial charge in [0.05, 0.1) is 0 Å². The Kier molecular flexibility index (Phi) is 5.49. The van der Waals surface area contributed by atoms with E-state index in [9.17, 15) is 9.18 Å². The van der Waals surface area contributed by atoms with Gasteiger partial charge in [0.25, 0.3) is 0 Å². The molecule has 1 saturated heterocycles. The molecule has 20 heavy (non-hydrogen) atoms. The summed E-state index contributed by atoms with van der Waals surface area (Å²) in [6, 6.07) is 6.83. The summed E-state index contributed by atoms with van der Waals surface area (Å²) >= 11 is 0. The molecule has 1 aliphatic rings. The Balaban J connectivity index is 1.72. The van der Waals surface area contributed by atoms with E-state index in [2.05, 4.69) is 23.1 Å². The van der Waals surface area contributed by atoms with Crippen LogP contribution in [0.15, 0.2) is 24.3 Å². The second kappa shape index (κ2) is 7.36. The van der Waals surface area contributed by atoms with Gasteiger partial charge in [0.1, 0.15) is 11.9 Å². The lowest BCUT2D eigenvalue weighted by atomic mass is 10.1. The van der Waals surface area contributed by atoms with Crippen LogP contribution in [0.1, 0.15) is 31.7 Å². The van der Waals surface area contributed by atoms with Crippen LogP contribution < -0.4 is 16.2 Å². The van der Waals surface area contributed by atoms with E-state index < -0.39 is 0 Å². The van der Waals surface area contributed by atoms with Crippen molar-refractivity contribution in [2.75, 3.05) is 6.54 Å². The van der Waals surface area contributed by atoms with Gasteiger partial charge in [0.2, 0.25) is 5.91 Å². The molecule has 2 rings (SSSR count). The normalized spacial score (nSPS) is 21.9. The minimum atomic E-state index is -0.217. The van der Waals surface area contributed by atoms with Crippen LogP contribution in [0.25, 0.3) is 0 Å². The molecule has 110 valence electrons. The van der Waals surface area contributed by atoms with Gasteiger partial charge in [-0.1, -0.05) is 31.5 Å². The van der Waals surface area contributed by atoms with Crippen LogP contribution in [-0.4, -0.2) is 24.5 Å². The topological polar surface area (TPSA) is 53.2 Å². The van der Waals surface area contributed by atoms with Crippen molar-refractivity contribution in [2.24, 2.45) is 0 Å². The first-order chi connectivity index (χ1) is 9.70. The van der Waals surface area contributed by atoms with E-state index in [0.29, 0.717) is 24.6 Å². The summed E-state index contributed by atoms with van der Waals surface area (Å²) in [6.07, 6.45) is 3.48. The first-order valence-electron chi connectivity index (χ1n) is 7.23. The summed E-state index contributed by atoms with van der Waals surface area (Å²) in [4.78, 5) is 12.0. The first kappa shape index (κ1) is 14.9. The van der Waals surface area contributed by atoms with Gasteiger partial charge in [0, 0.05) is 12.6 Å². The highest BCUT2D eigenvalue weighted by Crippen LogP contribution is 2.10. The molecule has 4 nitrogen and oxygen atoms in total. The summed E-state index contributed by atoms with van der Waals surface area (Å²) < 4.78 is 13.4. The number of halogens is 1. The fourth-order valence-electron chi connectivity index (χ4n) is 2.48. The number of nitrogens with one attached hydrogen (secondary N) is 3. The highest BCUT2D eigenvalue weighted by Gasteiger charge is 2.28. The number of carbonyl (C=O) groups is 1. The molecule has 5 heteroatoms. The molecule has 0 spiro atoms. The van der Waals surface area contributed by atoms with Crippen molar-refractivity contribution < 1.29 is 9.18 Å². The van der Waals surface area contributed by atoms with Crippen LogP contribution in [0.4, 0.5) is 4.39 Å². The third-order valence-corrected chi connectivity index (χ3v) is 3.59. The van der Waals surface area contributed by atoms with Gasteiger partial charge in [-0.3, -0.25) is 10.2 Å². The second-order valence-electron chi connectivity index (χ2n) is 5.19. The van der Waals surface area contributed by atoms with Crippen LogP contribution in [0.2, 0.25) is 0 Å². The highest BCUT2D eigenvalue weighted by molar-refractivity contribution is 5.82. The molecule has 1 fully saturated rings. The van der Waals surface area contributed by atoms with Crippen molar-refractivity contribution in [3.63, 3.8) is 0 Å². The van der Waals surface area contributed by atoms with Crippen molar-refractivity contribution in [3.05, 3.63) is 35.6 Å². The van der Waals surface area contributed by atoms with Gasteiger partial charge >= 0.3 is 0 Å². The predicted molar refractivity (Wildman–Crippen MR) is 76.5 cm³/mol. The number of hydrazine groups is 1. The molecule has 1 aliphatic heterocycles. The monoisotopic (exact) mass is 279 g/mol. The Morgan fingerprint density at radius 3 is 2.95 bits per heavy atom. The summed E-state index contributed by atoms with van der Waals surface area (Å²) in [5.74, 6) is -0.238. The van der Waals surface area contributed by atoms with Crippen molar-refractivity contribution >= 4 is 5.91 Å². The van der Waals surface area contributed by atoms with E-state index in [1.165, 1.54) is 6.07 Å². The summed E-state index contributed by atoms with van der Waals surface area (Å²) in [5, 5.41) is 2.85. The van der Waals surface area contributed by atoms with Crippen molar-refractivity contribution in [3.8, 4) is 0 Å². The smallest absolute Gasteiger partial charge is 0.238 e. The van der Waals surface area contributed by atoms with Gasteiger partial charge in [-0.25, -0.2) is 9.82 Å². The van der Waals surface area contributed by atoms with Gasteiger partial charge in [-0.15, -0.1) is 0 Å². The predicted octanol–water partition coefficient (Wildman–Crippen LogP) is 1.52. The highest BCUT2D eigenvalue weighted by atomic mass is 19.1. The average Bonchev–Trinajstić information content (AvgIpc) is 2.90. The molecule has 1 aromatic carbocycles. The van der Waals surface area contributed by atoms with Gasteiger partial charge in [0.15, 0.2) is 0 Å². The number of benzene rings is 1. The molecule has 1 amide bonds. The summed E-state index contributed by atoms with van der Waals surface area (Å²) in [5.41, 5.74) is 6.78. The Morgan fingerprint density at radius 1 is 1.40 bits per heavy atom. The zero-order valence-electron chi connectivity index (χ0n) is 11.8. The Bertz CT molecular complexity index is 452. The number of hydrogen-bond donors (Lipinski definition) is 3. The first-order valence-corrected chi connectivity index (χ1v) is 7.23. The average molecular weight is 279 g/mol. The molecule has 1 aromatic rings. The van der Waals surface area contributed by atoms with Gasteiger partial charge < -0.3 is 5.32 Å². The largest absolute Gasteiger partial charge is 0.354 e. The third kappa shape index (κ3) is 4.02. The third-order valence-electron chi connectivity index (χ3n) is 3.59. The maximum atomic E-state index is 13.4. The molecule has 0 aliphatic carbocycles. The Labute approximate surface area is 119 Å². The molecular weight excluding hydrogens is 257 g/mol. The number of rotatable bonds is 6. The zero-order chi connectivity index (χ0) is 14.4. The summed E-state index contributed by atoms with van der Waals surface area (Å²) in [6.45, 7) is 2.58. The quantitative estimate of drug-likeness (QED) is 0.740. The zero-order valence-corrected chi connectivity index (χ0v) is 11.8. The van der Waals surface area contributed by atoms with Crippen LogP contribution in [-0.2, 0) is 11.2 Å². The lowest BCUT2D eigenvalue weighted by Gasteiger charge is -2.10. The Hall–Kier alpha value is -1.46. The van der Waals surface area contributed by atoms with Crippen LogP contribution >= 0.6 is 0 Å². The van der Waals surface area contributed by atoms with E-state index >= 15 is 0 Å². The molecule has 0 aromatic heterocycles. The van der Waals surface area contributed by atoms with Crippen LogP contribution in [0.5, 0.6) is 0 Å². The van der Waals surface area contributed by atoms with E-state index in [1.807, 2.05) is 0 Å². The van der Waals surface area contributed by atoms with Crippen LogP contribution in [0, 0.1) is 5.82 Å². The van der Waals surface area contributed by atoms with Gasteiger partial charge in [-0.05, 0) is 30.9 Å². The summed E-state index contributed by atoms with van der Waals surface area (Å²) in [7, 11) is 0. The van der Waals surface area contributed by atoms with Crippen LogP contribution in [0.3, 0.4) is 0 Å². The van der Waals surface area contributed by atoms with E-state index in [-0.39, 0.29) is 17.8 Å². The minimum Gasteiger partial charge on any atom is -0.354 e.